The molecule has 11 rings (SSSR count). The summed E-state index contributed by atoms with van der Waals surface area (Å²) < 4.78 is 52.9. The maximum absolute atomic E-state index is 15.4. The fourth-order valence-corrected chi connectivity index (χ4v) is 12.8. The molecule has 410 valence electrons. The number of carbonyl (C=O) groups is 3. The van der Waals surface area contributed by atoms with Gasteiger partial charge in [-0.15, -0.1) is 34.4 Å². The summed E-state index contributed by atoms with van der Waals surface area (Å²) in [6, 6.07) is 64.1. The lowest BCUT2D eigenvalue weighted by atomic mass is 9.77. The highest BCUT2D eigenvalue weighted by molar-refractivity contribution is 8.00. The first-order chi connectivity index (χ1) is 40.0. The van der Waals surface area contributed by atoms with Crippen molar-refractivity contribution >= 4 is 69.1 Å². The van der Waals surface area contributed by atoms with Crippen LogP contribution in [0.1, 0.15) is 55.2 Å². The molecule has 1 unspecified atom stereocenters. The van der Waals surface area contributed by atoms with E-state index in [4.69, 9.17) is 24.5 Å². The van der Waals surface area contributed by atoms with Crippen LogP contribution in [0.3, 0.4) is 0 Å². The van der Waals surface area contributed by atoms with E-state index in [0.717, 1.165) is 33.5 Å². The molecule has 2 N–H and O–H groups in total. The minimum absolute atomic E-state index is 0.0509. The third-order valence-electron chi connectivity index (χ3n) is 14.0. The predicted octanol–water partition coefficient (Wildman–Crippen LogP) is 12.9. The highest BCUT2D eigenvalue weighted by Gasteiger charge is 2.55. The summed E-state index contributed by atoms with van der Waals surface area (Å²) in [6.45, 7) is -0.194. The number of nitrogens with zero attached hydrogens (tertiary/aromatic N) is 4. The molecule has 2 aromatic heterocycles. The van der Waals surface area contributed by atoms with Crippen molar-refractivity contribution in [2.75, 3.05) is 18.2 Å². The Bertz CT molecular complexity index is 3600. The van der Waals surface area contributed by atoms with Crippen molar-refractivity contribution in [3.63, 3.8) is 0 Å². The molecular formula is C64H49F3N6O6S3. The van der Waals surface area contributed by atoms with Crippen molar-refractivity contribution in [1.82, 2.24) is 20.2 Å². The van der Waals surface area contributed by atoms with E-state index in [1.165, 1.54) is 47.3 Å². The van der Waals surface area contributed by atoms with Crippen LogP contribution < -0.4 is 15.4 Å². The Labute approximate surface area is 482 Å². The molecule has 18 heteroatoms. The molecule has 2 aliphatic heterocycles. The summed E-state index contributed by atoms with van der Waals surface area (Å²) in [5.41, 5.74) is 2.96. The standard InChI is InChI=1S/C64H49F3N6O6S3/c1-77-50-35-32-42(33-36-50)38-78-60(76)55-43(34-37-52-56(64(65,66)67)68-41-82-52)39-80-59-54(58(75)73(55)59)70-57(74)53(72-79-63(47-26-14-5-15-27-47,48-28-16-6-17-29-48)49-30-18-7-19-31-49)51-40-81-61(69-51)71-62(44-20-8-2-9-21-44,45-22-10-3-11-23-45)46-24-12-4-13-25-46/h2-37,40-41,54,59H,38-39H2,1H3,(H,69,71)(H,70,74)/t54?,59-/m0/s1. The molecule has 0 bridgehead atoms. The zero-order chi connectivity index (χ0) is 56.7. The van der Waals surface area contributed by atoms with Gasteiger partial charge in [0, 0.05) is 27.8 Å². The van der Waals surface area contributed by atoms with Gasteiger partial charge in [0.1, 0.15) is 40.7 Å². The molecule has 7 aromatic carbocycles. The quantitative estimate of drug-likeness (QED) is 0.0264. The maximum atomic E-state index is 15.4. The van der Waals surface area contributed by atoms with Crippen molar-refractivity contribution in [1.29, 1.82) is 0 Å². The number of halogens is 3. The van der Waals surface area contributed by atoms with E-state index in [9.17, 15) is 22.8 Å². The smallest absolute Gasteiger partial charge is 0.434 e. The Morgan fingerprint density at radius 3 is 1.71 bits per heavy atom. The van der Waals surface area contributed by atoms with E-state index < -0.39 is 52.2 Å². The Morgan fingerprint density at radius 2 is 1.21 bits per heavy atom. The number of benzene rings is 7. The fourth-order valence-electron chi connectivity index (χ4n) is 10.0. The van der Waals surface area contributed by atoms with Gasteiger partial charge in [-0.3, -0.25) is 14.5 Å². The van der Waals surface area contributed by atoms with E-state index in [0.29, 0.717) is 33.1 Å². The normalized spacial score (nSPS) is 15.6. The monoisotopic (exact) mass is 1150 g/mol. The number of methoxy groups -OCH3 is 1. The number of aromatic nitrogens is 2. The second kappa shape index (κ2) is 23.9. The number of anilines is 1. The van der Waals surface area contributed by atoms with Crippen molar-refractivity contribution in [2.45, 2.75) is 35.3 Å². The number of rotatable bonds is 19. The van der Waals surface area contributed by atoms with E-state index in [-0.39, 0.29) is 39.9 Å². The Hall–Kier alpha value is -9.10. The van der Waals surface area contributed by atoms with Crippen LogP contribution in [-0.4, -0.2) is 62.6 Å². The van der Waals surface area contributed by atoms with Crippen molar-refractivity contribution in [2.24, 2.45) is 5.16 Å². The third kappa shape index (κ3) is 10.9. The van der Waals surface area contributed by atoms with Gasteiger partial charge in [-0.1, -0.05) is 205 Å². The largest absolute Gasteiger partial charge is 0.497 e. The number of thioether (sulfide) groups is 1. The molecule has 2 aliphatic rings. The second-order valence-electron chi connectivity index (χ2n) is 18.9. The number of fused-ring (bicyclic) bond motifs is 1. The molecular weight excluding hydrogens is 1100 g/mol. The first kappa shape index (κ1) is 54.8. The first-order valence-electron chi connectivity index (χ1n) is 25.8. The number of amides is 2. The summed E-state index contributed by atoms with van der Waals surface area (Å²) in [7, 11) is 1.52. The number of allylic oxidation sites excluding steroid dienone is 1. The lowest BCUT2D eigenvalue weighted by Crippen LogP contribution is -2.71. The van der Waals surface area contributed by atoms with Gasteiger partial charge in [0.15, 0.2) is 16.5 Å². The van der Waals surface area contributed by atoms with E-state index in [1.807, 2.05) is 182 Å². The van der Waals surface area contributed by atoms with Crippen molar-refractivity contribution in [3.05, 3.63) is 290 Å². The number of thiazole rings is 2. The number of carbonyl (C=O) groups excluding carboxylic acids is 3. The van der Waals surface area contributed by atoms with Crippen molar-refractivity contribution in [3.8, 4) is 5.75 Å². The number of hydrogen-bond donors (Lipinski definition) is 2. The molecule has 0 spiro atoms. The number of nitrogens with one attached hydrogen (secondary N) is 2. The zero-order valence-electron chi connectivity index (χ0n) is 43.6. The zero-order valence-corrected chi connectivity index (χ0v) is 46.1. The van der Waals surface area contributed by atoms with E-state index in [1.54, 1.807) is 29.6 Å². The van der Waals surface area contributed by atoms with Crippen LogP contribution in [0.2, 0.25) is 0 Å². The molecule has 0 aliphatic carbocycles. The number of ether oxygens (including phenoxy) is 2. The lowest BCUT2D eigenvalue weighted by Gasteiger charge is -2.49. The minimum atomic E-state index is -4.73. The van der Waals surface area contributed by atoms with E-state index in [2.05, 4.69) is 15.6 Å². The summed E-state index contributed by atoms with van der Waals surface area (Å²) >= 11 is 3.24. The number of β-lactam (4-membered cyclic amide) rings is 1. The highest BCUT2D eigenvalue weighted by Crippen LogP contribution is 2.45. The van der Waals surface area contributed by atoms with Gasteiger partial charge in [-0.2, -0.15) is 13.2 Å². The van der Waals surface area contributed by atoms with Crippen molar-refractivity contribution < 1.29 is 41.9 Å². The van der Waals surface area contributed by atoms with Gasteiger partial charge in [0.05, 0.1) is 17.5 Å². The van der Waals surface area contributed by atoms with Gasteiger partial charge in [-0.05, 0) is 46.0 Å². The number of hydrogen-bond acceptors (Lipinski definition) is 13. The summed E-state index contributed by atoms with van der Waals surface area (Å²) in [6.07, 6.45) is -2.14. The summed E-state index contributed by atoms with van der Waals surface area (Å²) in [4.78, 5) is 61.0. The van der Waals surface area contributed by atoms with Crippen LogP contribution in [0, 0.1) is 0 Å². The number of alkyl halides is 3. The second-order valence-corrected chi connectivity index (χ2v) is 21.7. The van der Waals surface area contributed by atoms with Crippen LogP contribution in [0.15, 0.2) is 240 Å². The molecule has 2 atom stereocenters. The van der Waals surface area contributed by atoms with Crippen LogP contribution in [-0.2, 0) is 47.9 Å². The minimum Gasteiger partial charge on any atom is -0.497 e. The van der Waals surface area contributed by atoms with Gasteiger partial charge in [0.2, 0.25) is 5.60 Å². The molecule has 2 amide bonds. The Morgan fingerprint density at radius 1 is 0.695 bits per heavy atom. The SMILES string of the molecule is COc1ccc(COC(=O)C2=C(C=Cc3scnc3C(F)(F)F)CS[C@H]3C(NC(=O)C(=NOC(c4ccccc4)(c4ccccc4)c4ccccc4)c4csc(NC(c5ccccc5)(c5ccccc5)c5ccccc5)n4)C(=O)N23)cc1. The Balaban J connectivity index is 0.984. The molecule has 1 saturated heterocycles. The lowest BCUT2D eigenvalue weighted by molar-refractivity contribution is -0.153. The maximum Gasteiger partial charge on any atom is 0.434 e. The molecule has 82 heavy (non-hydrogen) atoms. The Kier molecular flexibility index (Phi) is 16.0. The molecule has 0 saturated carbocycles. The first-order valence-corrected chi connectivity index (χ1v) is 28.6. The third-order valence-corrected chi connectivity index (χ3v) is 16.9. The van der Waals surface area contributed by atoms with Crippen LogP contribution in [0.25, 0.3) is 6.08 Å². The number of oxime groups is 1. The molecule has 9 aromatic rings. The summed E-state index contributed by atoms with van der Waals surface area (Å²) in [5, 5.41) is 12.8. The molecule has 4 heterocycles. The fraction of sp³-hybridized carbons (Fsp3) is 0.125. The van der Waals surface area contributed by atoms with Crippen LogP contribution >= 0.6 is 34.4 Å². The predicted molar refractivity (Wildman–Crippen MR) is 313 cm³/mol. The van der Waals surface area contributed by atoms with Crippen LogP contribution in [0.4, 0.5) is 18.3 Å². The van der Waals surface area contributed by atoms with Crippen LogP contribution in [0.5, 0.6) is 5.75 Å². The van der Waals surface area contributed by atoms with Gasteiger partial charge in [0.25, 0.3) is 11.8 Å². The average Bonchev–Trinajstić information content (AvgIpc) is 2.99. The molecule has 1 fully saturated rings. The van der Waals surface area contributed by atoms with Gasteiger partial charge >= 0.3 is 12.1 Å². The topological polar surface area (TPSA) is 144 Å². The van der Waals surface area contributed by atoms with Gasteiger partial charge in [-0.25, -0.2) is 14.8 Å². The number of esters is 1. The highest BCUT2D eigenvalue weighted by atomic mass is 32.2. The average molecular weight is 1150 g/mol. The van der Waals surface area contributed by atoms with Gasteiger partial charge < -0.3 is 24.9 Å². The van der Waals surface area contributed by atoms with E-state index >= 15 is 4.79 Å². The molecule has 12 nitrogen and oxygen atoms in total. The molecule has 0 radical (unpaired) electrons. The summed E-state index contributed by atoms with van der Waals surface area (Å²) in [5.74, 6) is -1.75.